The molecule has 0 unspecified atom stereocenters. The number of aryl methyl sites for hydroxylation is 3. The van der Waals surface area contributed by atoms with Gasteiger partial charge >= 0.3 is 5.97 Å². The molecule has 2 aromatic rings. The Kier molecular flexibility index (Phi) is 3.08. The summed E-state index contributed by atoms with van der Waals surface area (Å²) in [6.45, 7) is 4.64. The predicted molar refractivity (Wildman–Crippen MR) is 76.2 cm³/mol. The van der Waals surface area contributed by atoms with Crippen LogP contribution in [-0.4, -0.2) is 20.9 Å². The minimum atomic E-state index is -0.870. The Morgan fingerprint density at radius 2 is 2.15 bits per heavy atom. The summed E-state index contributed by atoms with van der Waals surface area (Å²) in [5, 5.41) is 14.0. The lowest BCUT2D eigenvalue weighted by Crippen LogP contribution is -2.13. The highest BCUT2D eigenvalue weighted by molar-refractivity contribution is 5.88. The van der Waals surface area contributed by atoms with Crippen LogP contribution < -0.4 is 0 Å². The molecular weight excluding hydrogens is 252 g/mol. The third-order valence-electron chi connectivity index (χ3n) is 3.99. The van der Waals surface area contributed by atoms with E-state index < -0.39 is 5.97 Å². The van der Waals surface area contributed by atoms with E-state index in [9.17, 15) is 9.90 Å². The Morgan fingerprint density at radius 3 is 2.85 bits per heavy atom. The van der Waals surface area contributed by atoms with Gasteiger partial charge in [-0.1, -0.05) is 23.8 Å². The summed E-state index contributed by atoms with van der Waals surface area (Å²) in [5.41, 5.74) is 5.79. The molecule has 104 valence electrons. The van der Waals surface area contributed by atoms with E-state index in [0.717, 1.165) is 36.1 Å². The van der Waals surface area contributed by atoms with Crippen LogP contribution in [0, 0.1) is 13.8 Å². The first-order valence-corrected chi connectivity index (χ1v) is 6.94. The SMILES string of the molecule is Cc1ccc(Cn2nc3c(c2C(=O)O)CCC3)c(C)c1. The molecule has 20 heavy (non-hydrogen) atoms. The smallest absolute Gasteiger partial charge is 0.354 e. The van der Waals surface area contributed by atoms with Crippen LogP contribution in [0.5, 0.6) is 0 Å². The molecule has 0 amide bonds. The number of hydrogen-bond acceptors (Lipinski definition) is 2. The highest BCUT2D eigenvalue weighted by Crippen LogP contribution is 2.26. The van der Waals surface area contributed by atoms with Crippen molar-refractivity contribution in [2.75, 3.05) is 0 Å². The van der Waals surface area contributed by atoms with Gasteiger partial charge < -0.3 is 5.11 Å². The zero-order chi connectivity index (χ0) is 14.3. The maximum absolute atomic E-state index is 11.5. The van der Waals surface area contributed by atoms with Gasteiger partial charge in [0.15, 0.2) is 0 Å². The number of benzene rings is 1. The van der Waals surface area contributed by atoms with Crippen molar-refractivity contribution in [3.05, 3.63) is 51.8 Å². The number of carboxylic acids is 1. The molecule has 1 aromatic heterocycles. The number of aromatic nitrogens is 2. The molecule has 3 rings (SSSR count). The monoisotopic (exact) mass is 270 g/mol. The van der Waals surface area contributed by atoms with E-state index in [1.807, 2.05) is 0 Å². The van der Waals surface area contributed by atoms with Crippen LogP contribution >= 0.6 is 0 Å². The van der Waals surface area contributed by atoms with Gasteiger partial charge in [0.05, 0.1) is 12.2 Å². The summed E-state index contributed by atoms with van der Waals surface area (Å²) in [6, 6.07) is 6.23. The maximum Gasteiger partial charge on any atom is 0.354 e. The van der Waals surface area contributed by atoms with E-state index in [2.05, 4.69) is 37.1 Å². The van der Waals surface area contributed by atoms with Crippen LogP contribution in [0.2, 0.25) is 0 Å². The van der Waals surface area contributed by atoms with Crippen molar-refractivity contribution in [1.82, 2.24) is 9.78 Å². The third kappa shape index (κ3) is 2.11. The lowest BCUT2D eigenvalue weighted by molar-refractivity contribution is 0.0682. The fourth-order valence-corrected chi connectivity index (χ4v) is 2.98. The van der Waals surface area contributed by atoms with E-state index >= 15 is 0 Å². The molecule has 4 heteroatoms. The van der Waals surface area contributed by atoms with E-state index in [-0.39, 0.29) is 0 Å². The second kappa shape index (κ2) is 4.78. The van der Waals surface area contributed by atoms with E-state index in [0.29, 0.717) is 12.2 Å². The predicted octanol–water partition coefficient (Wildman–Crippen LogP) is 2.74. The van der Waals surface area contributed by atoms with Crippen LogP contribution in [0.1, 0.15) is 44.9 Å². The summed E-state index contributed by atoms with van der Waals surface area (Å²) in [5.74, 6) is -0.870. The molecule has 4 nitrogen and oxygen atoms in total. The Balaban J connectivity index is 2.01. The normalized spacial score (nSPS) is 13.5. The van der Waals surface area contributed by atoms with Gasteiger partial charge in [-0.05, 0) is 44.2 Å². The number of nitrogens with zero attached hydrogens (tertiary/aromatic N) is 2. The third-order valence-corrected chi connectivity index (χ3v) is 3.99. The van der Waals surface area contributed by atoms with E-state index in [1.165, 1.54) is 11.1 Å². The van der Waals surface area contributed by atoms with Crippen molar-refractivity contribution in [2.24, 2.45) is 0 Å². The zero-order valence-corrected chi connectivity index (χ0v) is 11.8. The van der Waals surface area contributed by atoms with Crippen molar-refractivity contribution in [3.8, 4) is 0 Å². The van der Waals surface area contributed by atoms with Crippen LogP contribution in [0.4, 0.5) is 0 Å². The van der Waals surface area contributed by atoms with Gasteiger partial charge in [-0.3, -0.25) is 4.68 Å². The topological polar surface area (TPSA) is 55.1 Å². The van der Waals surface area contributed by atoms with Crippen LogP contribution in [0.15, 0.2) is 18.2 Å². The highest BCUT2D eigenvalue weighted by Gasteiger charge is 2.26. The van der Waals surface area contributed by atoms with Gasteiger partial charge in [-0.15, -0.1) is 0 Å². The second-order valence-corrected chi connectivity index (χ2v) is 5.52. The Labute approximate surface area is 118 Å². The minimum absolute atomic E-state index is 0.373. The number of carbonyl (C=O) groups is 1. The number of rotatable bonds is 3. The van der Waals surface area contributed by atoms with Gasteiger partial charge in [0.1, 0.15) is 5.69 Å². The molecule has 0 radical (unpaired) electrons. The van der Waals surface area contributed by atoms with Gasteiger partial charge in [-0.2, -0.15) is 5.10 Å². The Hall–Kier alpha value is -2.10. The number of fused-ring (bicyclic) bond motifs is 1. The average Bonchev–Trinajstić information content (AvgIpc) is 2.91. The summed E-state index contributed by atoms with van der Waals surface area (Å²) < 4.78 is 1.66. The minimum Gasteiger partial charge on any atom is -0.477 e. The molecule has 0 atom stereocenters. The Bertz CT molecular complexity index is 686. The molecule has 0 saturated heterocycles. The molecular formula is C16H18N2O2. The van der Waals surface area contributed by atoms with Crippen molar-refractivity contribution in [2.45, 2.75) is 39.7 Å². The molecule has 0 spiro atoms. The molecule has 0 aliphatic heterocycles. The van der Waals surface area contributed by atoms with Crippen molar-refractivity contribution >= 4 is 5.97 Å². The fraction of sp³-hybridized carbons (Fsp3) is 0.375. The van der Waals surface area contributed by atoms with Crippen LogP contribution in [0.3, 0.4) is 0 Å². The Morgan fingerprint density at radius 1 is 1.35 bits per heavy atom. The molecule has 0 saturated carbocycles. The van der Waals surface area contributed by atoms with Gasteiger partial charge in [0, 0.05) is 5.56 Å². The summed E-state index contributed by atoms with van der Waals surface area (Å²) in [4.78, 5) is 11.5. The molecule has 1 aliphatic rings. The number of aromatic carboxylic acids is 1. The first-order valence-electron chi connectivity index (χ1n) is 6.94. The summed E-state index contributed by atoms with van der Waals surface area (Å²) >= 11 is 0. The average molecular weight is 270 g/mol. The molecule has 0 bridgehead atoms. The van der Waals surface area contributed by atoms with Crippen LogP contribution in [-0.2, 0) is 19.4 Å². The van der Waals surface area contributed by atoms with Gasteiger partial charge in [0.25, 0.3) is 0 Å². The lowest BCUT2D eigenvalue weighted by Gasteiger charge is -2.09. The van der Waals surface area contributed by atoms with Crippen molar-refractivity contribution in [1.29, 1.82) is 0 Å². The van der Waals surface area contributed by atoms with Gasteiger partial charge in [0.2, 0.25) is 0 Å². The second-order valence-electron chi connectivity index (χ2n) is 5.52. The fourth-order valence-electron chi connectivity index (χ4n) is 2.98. The highest BCUT2D eigenvalue weighted by atomic mass is 16.4. The molecule has 0 fully saturated rings. The standard InChI is InChI=1S/C16H18N2O2/c1-10-6-7-12(11(2)8-10)9-18-15(16(19)20)13-4-3-5-14(13)17-18/h6-8H,3-5,9H2,1-2H3,(H,19,20). The number of hydrogen-bond donors (Lipinski definition) is 1. The molecule has 1 aromatic carbocycles. The first kappa shape index (κ1) is 12.9. The zero-order valence-electron chi connectivity index (χ0n) is 11.8. The van der Waals surface area contributed by atoms with E-state index in [1.54, 1.807) is 4.68 Å². The maximum atomic E-state index is 11.5. The molecule has 1 heterocycles. The quantitative estimate of drug-likeness (QED) is 0.933. The van der Waals surface area contributed by atoms with Crippen molar-refractivity contribution < 1.29 is 9.90 Å². The lowest BCUT2D eigenvalue weighted by atomic mass is 10.1. The summed E-state index contributed by atoms with van der Waals surface area (Å²) in [7, 11) is 0. The summed E-state index contributed by atoms with van der Waals surface area (Å²) in [6.07, 6.45) is 2.75. The first-order chi connectivity index (χ1) is 9.56. The van der Waals surface area contributed by atoms with Crippen LogP contribution in [0.25, 0.3) is 0 Å². The number of carboxylic acid groups (broad SMARTS) is 1. The van der Waals surface area contributed by atoms with E-state index in [4.69, 9.17) is 0 Å². The molecule has 1 aliphatic carbocycles. The largest absolute Gasteiger partial charge is 0.477 e. The van der Waals surface area contributed by atoms with Gasteiger partial charge in [-0.25, -0.2) is 4.79 Å². The van der Waals surface area contributed by atoms with Crippen molar-refractivity contribution in [3.63, 3.8) is 0 Å². The molecule has 1 N–H and O–H groups in total.